The largest absolute Gasteiger partial charge is 0.364 e. The fourth-order valence-corrected chi connectivity index (χ4v) is 3.51. The van der Waals surface area contributed by atoms with E-state index in [0.717, 1.165) is 12.8 Å². The highest BCUT2D eigenvalue weighted by molar-refractivity contribution is 7.89. The Morgan fingerprint density at radius 1 is 1.42 bits per heavy atom. The lowest BCUT2D eigenvalue weighted by molar-refractivity contribution is 0.0290. The number of nitrogens with zero attached hydrogens (tertiary/aromatic N) is 4. The molecule has 0 unspecified atom stereocenters. The Hall–Kier alpha value is -1.78. The van der Waals surface area contributed by atoms with Crippen LogP contribution in [-0.2, 0) is 14.8 Å². The molecule has 0 aromatic carbocycles. The first-order chi connectivity index (χ1) is 11.3. The van der Waals surface area contributed by atoms with E-state index in [0.29, 0.717) is 11.7 Å². The molecule has 1 fully saturated rings. The molecule has 1 saturated heterocycles. The fourth-order valence-electron chi connectivity index (χ4n) is 2.51. The van der Waals surface area contributed by atoms with Crippen molar-refractivity contribution in [2.24, 2.45) is 0 Å². The SMILES string of the molecule is Cc1noc([C@@H]2CC[C@H](CNS(=O)(=O)c3cnn(C(C)C)c3)O2)n1. The zero-order chi connectivity index (χ0) is 17.3. The Bertz CT molecular complexity index is 798. The third-order valence-electron chi connectivity index (χ3n) is 3.84. The molecule has 0 aliphatic carbocycles. The molecule has 0 bridgehead atoms. The van der Waals surface area contributed by atoms with Gasteiger partial charge in [0.1, 0.15) is 11.0 Å². The Balaban J connectivity index is 1.57. The molecule has 1 aliphatic heterocycles. The van der Waals surface area contributed by atoms with Crippen LogP contribution in [0, 0.1) is 6.92 Å². The third-order valence-corrected chi connectivity index (χ3v) is 5.22. The van der Waals surface area contributed by atoms with Crippen molar-refractivity contribution in [3.63, 3.8) is 0 Å². The maximum atomic E-state index is 12.3. The van der Waals surface area contributed by atoms with Gasteiger partial charge in [0.2, 0.25) is 10.0 Å². The van der Waals surface area contributed by atoms with E-state index >= 15 is 0 Å². The Morgan fingerprint density at radius 3 is 2.83 bits per heavy atom. The Morgan fingerprint density at radius 2 is 2.21 bits per heavy atom. The van der Waals surface area contributed by atoms with Crippen LogP contribution in [0.4, 0.5) is 0 Å². The van der Waals surface area contributed by atoms with E-state index in [4.69, 9.17) is 9.26 Å². The van der Waals surface area contributed by atoms with Gasteiger partial charge in [0, 0.05) is 18.8 Å². The molecule has 2 atom stereocenters. The van der Waals surface area contributed by atoms with Gasteiger partial charge in [-0.15, -0.1) is 0 Å². The number of hydrogen-bond acceptors (Lipinski definition) is 7. The minimum atomic E-state index is -3.60. The minimum Gasteiger partial charge on any atom is -0.364 e. The molecule has 0 saturated carbocycles. The predicted octanol–water partition coefficient (Wildman–Crippen LogP) is 1.35. The molecular weight excluding hydrogens is 334 g/mol. The summed E-state index contributed by atoms with van der Waals surface area (Å²) in [5.74, 6) is 0.996. The van der Waals surface area contributed by atoms with E-state index in [1.165, 1.54) is 12.4 Å². The monoisotopic (exact) mass is 355 g/mol. The van der Waals surface area contributed by atoms with Crippen molar-refractivity contribution in [1.29, 1.82) is 0 Å². The summed E-state index contributed by atoms with van der Waals surface area (Å²) in [4.78, 5) is 4.30. The van der Waals surface area contributed by atoms with E-state index in [1.807, 2.05) is 13.8 Å². The van der Waals surface area contributed by atoms with Gasteiger partial charge >= 0.3 is 0 Å². The van der Waals surface area contributed by atoms with Crippen LogP contribution in [0.25, 0.3) is 0 Å². The molecule has 0 radical (unpaired) electrons. The van der Waals surface area contributed by atoms with Gasteiger partial charge in [-0.2, -0.15) is 10.1 Å². The molecule has 0 amide bonds. The van der Waals surface area contributed by atoms with Crippen LogP contribution in [0.2, 0.25) is 0 Å². The molecule has 1 aliphatic rings. The summed E-state index contributed by atoms with van der Waals surface area (Å²) in [6, 6.07) is 0.103. The highest BCUT2D eigenvalue weighted by Crippen LogP contribution is 2.31. The second kappa shape index (κ2) is 6.61. The van der Waals surface area contributed by atoms with Gasteiger partial charge in [0.25, 0.3) is 5.89 Å². The third kappa shape index (κ3) is 3.65. The molecular formula is C14H21N5O4S. The molecule has 132 valence electrons. The van der Waals surface area contributed by atoms with Crippen molar-refractivity contribution in [3.05, 3.63) is 24.1 Å². The molecule has 3 heterocycles. The number of aryl methyl sites for hydroxylation is 1. The maximum absolute atomic E-state index is 12.3. The number of aromatic nitrogens is 4. The van der Waals surface area contributed by atoms with Crippen LogP contribution in [0.1, 0.15) is 50.6 Å². The molecule has 3 rings (SSSR count). The average Bonchev–Trinajstić information content (AvgIpc) is 3.25. The van der Waals surface area contributed by atoms with Crippen LogP contribution >= 0.6 is 0 Å². The summed E-state index contributed by atoms with van der Waals surface area (Å²) >= 11 is 0. The zero-order valence-electron chi connectivity index (χ0n) is 13.8. The van der Waals surface area contributed by atoms with Crippen molar-refractivity contribution in [2.45, 2.75) is 56.8 Å². The van der Waals surface area contributed by atoms with Gasteiger partial charge < -0.3 is 9.26 Å². The molecule has 24 heavy (non-hydrogen) atoms. The second-order valence-corrected chi connectivity index (χ2v) is 7.87. The molecule has 0 spiro atoms. The van der Waals surface area contributed by atoms with Crippen molar-refractivity contribution in [2.75, 3.05) is 6.54 Å². The van der Waals surface area contributed by atoms with Crippen molar-refractivity contribution in [1.82, 2.24) is 24.6 Å². The zero-order valence-corrected chi connectivity index (χ0v) is 14.7. The van der Waals surface area contributed by atoms with E-state index in [1.54, 1.807) is 11.6 Å². The van der Waals surface area contributed by atoms with Crippen LogP contribution < -0.4 is 4.72 Å². The summed E-state index contributed by atoms with van der Waals surface area (Å²) in [6.07, 6.45) is 3.81. The van der Waals surface area contributed by atoms with Gasteiger partial charge in [-0.25, -0.2) is 13.1 Å². The first-order valence-corrected chi connectivity index (χ1v) is 9.33. The average molecular weight is 355 g/mol. The second-order valence-electron chi connectivity index (χ2n) is 6.11. The van der Waals surface area contributed by atoms with Gasteiger partial charge in [0.05, 0.1) is 12.3 Å². The van der Waals surface area contributed by atoms with Crippen molar-refractivity contribution < 1.29 is 17.7 Å². The summed E-state index contributed by atoms with van der Waals surface area (Å²) in [7, 11) is -3.60. The first-order valence-electron chi connectivity index (χ1n) is 7.84. The Kier molecular flexibility index (Phi) is 4.70. The number of sulfonamides is 1. The van der Waals surface area contributed by atoms with E-state index in [9.17, 15) is 8.42 Å². The molecule has 2 aromatic rings. The molecule has 1 N–H and O–H groups in total. The minimum absolute atomic E-state index is 0.103. The topological polar surface area (TPSA) is 112 Å². The summed E-state index contributed by atoms with van der Waals surface area (Å²) in [5, 5.41) is 7.80. The van der Waals surface area contributed by atoms with Crippen LogP contribution in [-0.4, -0.2) is 41.0 Å². The van der Waals surface area contributed by atoms with Crippen LogP contribution in [0.5, 0.6) is 0 Å². The lowest BCUT2D eigenvalue weighted by Crippen LogP contribution is -2.31. The van der Waals surface area contributed by atoms with Crippen molar-refractivity contribution in [3.8, 4) is 0 Å². The summed E-state index contributed by atoms with van der Waals surface area (Å²) in [6.45, 7) is 5.80. The quantitative estimate of drug-likeness (QED) is 0.832. The number of ether oxygens (including phenoxy) is 1. The number of hydrogen-bond donors (Lipinski definition) is 1. The lowest BCUT2D eigenvalue weighted by atomic mass is 10.2. The Labute approximate surface area is 140 Å². The van der Waals surface area contributed by atoms with Crippen LogP contribution in [0.15, 0.2) is 21.8 Å². The highest BCUT2D eigenvalue weighted by atomic mass is 32.2. The van der Waals surface area contributed by atoms with Gasteiger partial charge in [-0.3, -0.25) is 4.68 Å². The number of rotatable bonds is 6. The van der Waals surface area contributed by atoms with E-state index in [2.05, 4.69) is 20.0 Å². The van der Waals surface area contributed by atoms with Crippen molar-refractivity contribution >= 4 is 10.0 Å². The van der Waals surface area contributed by atoms with E-state index in [-0.39, 0.29) is 29.7 Å². The normalized spacial score (nSPS) is 21.7. The molecule has 10 heteroatoms. The highest BCUT2D eigenvalue weighted by Gasteiger charge is 2.31. The first kappa shape index (κ1) is 17.1. The van der Waals surface area contributed by atoms with E-state index < -0.39 is 10.0 Å². The van der Waals surface area contributed by atoms with Gasteiger partial charge in [-0.1, -0.05) is 5.16 Å². The smallest absolute Gasteiger partial charge is 0.255 e. The summed E-state index contributed by atoms with van der Waals surface area (Å²) in [5.41, 5.74) is 0. The van der Waals surface area contributed by atoms with Gasteiger partial charge in [0.15, 0.2) is 5.82 Å². The number of nitrogens with one attached hydrogen (secondary N) is 1. The summed E-state index contributed by atoms with van der Waals surface area (Å²) < 4.78 is 39.7. The maximum Gasteiger partial charge on any atom is 0.255 e. The standard InChI is InChI=1S/C14H21N5O4S/c1-9(2)19-8-12(7-15-19)24(20,21)16-6-11-4-5-13(22-11)14-17-10(3)18-23-14/h7-9,11,13,16H,4-6H2,1-3H3/t11-,13+/m1/s1. The molecule has 9 nitrogen and oxygen atoms in total. The molecule has 2 aromatic heterocycles. The predicted molar refractivity (Wildman–Crippen MR) is 83.7 cm³/mol. The van der Waals surface area contributed by atoms with Crippen LogP contribution in [0.3, 0.4) is 0 Å². The van der Waals surface area contributed by atoms with Gasteiger partial charge in [-0.05, 0) is 33.6 Å². The fraction of sp³-hybridized carbons (Fsp3) is 0.643. The lowest BCUT2D eigenvalue weighted by Gasteiger charge is -2.12.